The molecule has 1 aromatic rings. The van der Waals surface area contributed by atoms with Crippen LogP contribution in [0.15, 0.2) is 6.20 Å². The second-order valence-corrected chi connectivity index (χ2v) is 5.99. The Kier molecular flexibility index (Phi) is 4.17. The first-order chi connectivity index (χ1) is 9.76. The molecule has 2 aliphatic heterocycles. The monoisotopic (exact) mass is 275 g/mol. The second kappa shape index (κ2) is 6.06. The van der Waals surface area contributed by atoms with Crippen molar-refractivity contribution in [3.8, 4) is 0 Å². The Morgan fingerprint density at radius 1 is 1.30 bits per heavy atom. The highest BCUT2D eigenvalue weighted by Gasteiger charge is 2.21. The first-order valence-electron chi connectivity index (χ1n) is 7.84. The van der Waals surface area contributed by atoms with Gasteiger partial charge in [0.05, 0.1) is 5.69 Å². The highest BCUT2D eigenvalue weighted by Crippen LogP contribution is 2.21. The minimum atomic E-state index is 0.353. The lowest BCUT2D eigenvalue weighted by Crippen LogP contribution is -2.41. The van der Waals surface area contributed by atoms with Crippen LogP contribution in [0.25, 0.3) is 0 Å². The number of rotatable bonds is 3. The lowest BCUT2D eigenvalue weighted by molar-refractivity contribution is 0.252. The van der Waals surface area contributed by atoms with Gasteiger partial charge in [0.2, 0.25) is 5.95 Å². The van der Waals surface area contributed by atoms with Gasteiger partial charge < -0.3 is 10.6 Å². The molecule has 1 aromatic heterocycles. The number of nitrogens with two attached hydrogens (primary N) is 1. The van der Waals surface area contributed by atoms with Gasteiger partial charge in [0.15, 0.2) is 0 Å². The molecule has 20 heavy (non-hydrogen) atoms. The lowest BCUT2D eigenvalue weighted by atomic mass is 10.1. The van der Waals surface area contributed by atoms with Crippen LogP contribution >= 0.6 is 0 Å². The summed E-state index contributed by atoms with van der Waals surface area (Å²) >= 11 is 0. The zero-order chi connectivity index (χ0) is 13.9. The summed E-state index contributed by atoms with van der Waals surface area (Å²) in [6.45, 7) is 7.52. The molecular formula is C15H25N5. The van der Waals surface area contributed by atoms with E-state index in [1.807, 2.05) is 6.20 Å². The van der Waals surface area contributed by atoms with Crippen LogP contribution in [0.1, 0.15) is 37.4 Å². The van der Waals surface area contributed by atoms with E-state index in [9.17, 15) is 0 Å². The third kappa shape index (κ3) is 2.94. The van der Waals surface area contributed by atoms with Gasteiger partial charge in [-0.25, -0.2) is 9.97 Å². The molecule has 5 heteroatoms. The predicted molar refractivity (Wildman–Crippen MR) is 80.7 cm³/mol. The summed E-state index contributed by atoms with van der Waals surface area (Å²) < 4.78 is 0. The van der Waals surface area contributed by atoms with Crippen LogP contribution in [0.4, 0.5) is 5.95 Å². The van der Waals surface area contributed by atoms with Gasteiger partial charge in [0.1, 0.15) is 0 Å². The van der Waals surface area contributed by atoms with Crippen LogP contribution in [0, 0.1) is 0 Å². The van der Waals surface area contributed by atoms with Crippen LogP contribution in [-0.2, 0) is 13.0 Å². The number of piperidine rings is 1. The van der Waals surface area contributed by atoms with Gasteiger partial charge in [-0.05, 0) is 25.8 Å². The van der Waals surface area contributed by atoms with Crippen LogP contribution in [-0.4, -0.2) is 47.1 Å². The van der Waals surface area contributed by atoms with Crippen molar-refractivity contribution < 1.29 is 0 Å². The molecule has 0 radical (unpaired) electrons. The quantitative estimate of drug-likeness (QED) is 0.897. The van der Waals surface area contributed by atoms with Crippen molar-refractivity contribution in [2.45, 2.75) is 45.2 Å². The van der Waals surface area contributed by atoms with E-state index in [2.05, 4.69) is 21.7 Å². The number of hydrogen-bond donors (Lipinski definition) is 1. The van der Waals surface area contributed by atoms with E-state index in [0.29, 0.717) is 6.04 Å². The molecule has 0 aromatic carbocycles. The highest BCUT2D eigenvalue weighted by atomic mass is 15.3. The number of aromatic nitrogens is 2. The molecule has 0 spiro atoms. The number of nitrogens with zero attached hydrogens (tertiary/aromatic N) is 4. The Morgan fingerprint density at radius 3 is 2.85 bits per heavy atom. The Morgan fingerprint density at radius 2 is 2.10 bits per heavy atom. The standard InChI is InChI=1S/C15H25N5/c1-2-6-19-7-5-14-12(11-19)10-17-15(18-14)20-8-3-13(16)4-9-20/h10,13H,2-9,11,16H2,1H3. The second-order valence-electron chi connectivity index (χ2n) is 5.99. The van der Waals surface area contributed by atoms with Crippen LogP contribution in [0.3, 0.4) is 0 Å². The molecule has 1 saturated heterocycles. The van der Waals surface area contributed by atoms with E-state index in [1.165, 1.54) is 24.2 Å². The van der Waals surface area contributed by atoms with E-state index < -0.39 is 0 Å². The first-order valence-corrected chi connectivity index (χ1v) is 7.84. The summed E-state index contributed by atoms with van der Waals surface area (Å²) in [6, 6.07) is 0.353. The Labute approximate surface area is 121 Å². The number of hydrogen-bond acceptors (Lipinski definition) is 5. The largest absolute Gasteiger partial charge is 0.341 e. The summed E-state index contributed by atoms with van der Waals surface area (Å²) in [7, 11) is 0. The third-order valence-corrected chi connectivity index (χ3v) is 4.36. The summed E-state index contributed by atoms with van der Waals surface area (Å²) in [5.74, 6) is 0.902. The average molecular weight is 275 g/mol. The molecule has 0 atom stereocenters. The summed E-state index contributed by atoms with van der Waals surface area (Å²) in [5.41, 5.74) is 8.51. The smallest absolute Gasteiger partial charge is 0.225 e. The fourth-order valence-electron chi connectivity index (χ4n) is 3.12. The van der Waals surface area contributed by atoms with Gasteiger partial charge in [-0.1, -0.05) is 6.92 Å². The summed E-state index contributed by atoms with van der Waals surface area (Å²) in [6.07, 6.45) is 6.39. The molecular weight excluding hydrogens is 250 g/mol. The van der Waals surface area contributed by atoms with Crippen molar-refractivity contribution in [2.75, 3.05) is 31.1 Å². The molecule has 0 saturated carbocycles. The van der Waals surface area contributed by atoms with Gasteiger partial charge in [0, 0.05) is 50.4 Å². The van der Waals surface area contributed by atoms with Crippen molar-refractivity contribution >= 4 is 5.95 Å². The topological polar surface area (TPSA) is 58.3 Å². The molecule has 0 amide bonds. The minimum absolute atomic E-state index is 0.353. The molecule has 5 nitrogen and oxygen atoms in total. The van der Waals surface area contributed by atoms with Gasteiger partial charge in [-0.2, -0.15) is 0 Å². The van der Waals surface area contributed by atoms with E-state index in [0.717, 1.165) is 51.4 Å². The van der Waals surface area contributed by atoms with Crippen molar-refractivity contribution in [2.24, 2.45) is 5.73 Å². The fourth-order valence-corrected chi connectivity index (χ4v) is 3.12. The fraction of sp³-hybridized carbons (Fsp3) is 0.733. The van der Waals surface area contributed by atoms with Gasteiger partial charge in [0.25, 0.3) is 0 Å². The van der Waals surface area contributed by atoms with Gasteiger partial charge in [-0.15, -0.1) is 0 Å². The highest BCUT2D eigenvalue weighted by molar-refractivity contribution is 5.34. The third-order valence-electron chi connectivity index (χ3n) is 4.36. The predicted octanol–water partition coefficient (Wildman–Crippen LogP) is 1.17. The summed E-state index contributed by atoms with van der Waals surface area (Å²) in [5, 5.41) is 0. The molecule has 1 fully saturated rings. The Balaban J connectivity index is 1.71. The van der Waals surface area contributed by atoms with Crippen molar-refractivity contribution in [3.63, 3.8) is 0 Å². The van der Waals surface area contributed by atoms with Crippen LogP contribution < -0.4 is 10.6 Å². The number of anilines is 1. The first kappa shape index (κ1) is 13.8. The molecule has 2 aliphatic rings. The maximum absolute atomic E-state index is 5.96. The van der Waals surface area contributed by atoms with E-state index >= 15 is 0 Å². The molecule has 0 bridgehead atoms. The molecule has 2 N–H and O–H groups in total. The van der Waals surface area contributed by atoms with Gasteiger partial charge in [-0.3, -0.25) is 4.90 Å². The van der Waals surface area contributed by atoms with Crippen molar-refractivity contribution in [3.05, 3.63) is 17.5 Å². The number of fused-ring (bicyclic) bond motifs is 1. The minimum Gasteiger partial charge on any atom is -0.341 e. The SMILES string of the molecule is CCCN1CCc2nc(N3CCC(N)CC3)ncc2C1. The van der Waals surface area contributed by atoms with Crippen LogP contribution in [0.2, 0.25) is 0 Å². The maximum Gasteiger partial charge on any atom is 0.225 e. The lowest BCUT2D eigenvalue weighted by Gasteiger charge is -2.32. The zero-order valence-corrected chi connectivity index (χ0v) is 12.4. The van der Waals surface area contributed by atoms with E-state index in [1.54, 1.807) is 0 Å². The van der Waals surface area contributed by atoms with Crippen LogP contribution in [0.5, 0.6) is 0 Å². The van der Waals surface area contributed by atoms with Gasteiger partial charge >= 0.3 is 0 Å². The van der Waals surface area contributed by atoms with Crippen molar-refractivity contribution in [1.82, 2.24) is 14.9 Å². The molecule has 0 aliphatic carbocycles. The Hall–Kier alpha value is -1.20. The molecule has 3 heterocycles. The average Bonchev–Trinajstić information content (AvgIpc) is 2.48. The summed E-state index contributed by atoms with van der Waals surface area (Å²) in [4.78, 5) is 14.2. The molecule has 0 unspecified atom stereocenters. The van der Waals surface area contributed by atoms with E-state index in [4.69, 9.17) is 10.7 Å². The van der Waals surface area contributed by atoms with E-state index in [-0.39, 0.29) is 0 Å². The Bertz CT molecular complexity index is 454. The normalized spacial score (nSPS) is 21.0. The zero-order valence-electron chi connectivity index (χ0n) is 12.4. The molecule has 3 rings (SSSR count). The molecule has 110 valence electrons. The maximum atomic E-state index is 5.96. The van der Waals surface area contributed by atoms with Crippen molar-refractivity contribution in [1.29, 1.82) is 0 Å².